The van der Waals surface area contributed by atoms with Crippen molar-refractivity contribution < 1.29 is 23.1 Å². The lowest BCUT2D eigenvalue weighted by atomic mass is 10.0. The molecule has 1 rings (SSSR count). The maximum Gasteiger partial charge on any atom is 0.327 e. The lowest BCUT2D eigenvalue weighted by Gasteiger charge is -2.30. The van der Waals surface area contributed by atoms with E-state index in [-0.39, 0.29) is 11.3 Å². The van der Waals surface area contributed by atoms with Crippen LogP contribution in [0.5, 0.6) is 0 Å². The first-order valence-corrected chi connectivity index (χ1v) is 9.60. The van der Waals surface area contributed by atoms with E-state index in [9.17, 15) is 23.1 Å². The Bertz CT molecular complexity index is 506. The van der Waals surface area contributed by atoms with Crippen LogP contribution in [0, 0.1) is 5.92 Å². The molecule has 3 unspecified atom stereocenters. The number of sulfonamides is 1. The maximum absolute atomic E-state index is 12.6. The minimum atomic E-state index is -3.55. The summed E-state index contributed by atoms with van der Waals surface area (Å²) < 4.78 is 25.2. The molecule has 1 aliphatic heterocycles. The number of carbonyl (C=O) groups is 2. The van der Waals surface area contributed by atoms with Gasteiger partial charge in [-0.2, -0.15) is 0 Å². The summed E-state index contributed by atoms with van der Waals surface area (Å²) in [7, 11) is -3.55. The average molecular weight is 338 g/mol. The van der Waals surface area contributed by atoms with Gasteiger partial charge in [0.1, 0.15) is 12.1 Å². The molecule has 0 radical (unpaired) electrons. The van der Waals surface area contributed by atoms with Crippen molar-refractivity contribution in [2.24, 2.45) is 5.92 Å². The summed E-state index contributed by atoms with van der Waals surface area (Å²) in [6.07, 6.45) is 1.32. The zero-order valence-corrected chi connectivity index (χ0v) is 14.2. The van der Waals surface area contributed by atoms with Crippen LogP contribution in [0.1, 0.15) is 27.2 Å². The number of aliphatic carboxylic acids is 1. The number of hydrogen-bond acceptors (Lipinski definition) is 5. The van der Waals surface area contributed by atoms with Gasteiger partial charge in [0.25, 0.3) is 0 Å². The van der Waals surface area contributed by atoms with E-state index in [2.05, 4.69) is 4.72 Å². The van der Waals surface area contributed by atoms with E-state index in [0.29, 0.717) is 12.2 Å². The van der Waals surface area contributed by atoms with E-state index < -0.39 is 34.0 Å². The van der Waals surface area contributed by atoms with Gasteiger partial charge in [0.05, 0.1) is 11.6 Å². The van der Waals surface area contributed by atoms with Crippen molar-refractivity contribution in [1.82, 2.24) is 9.62 Å². The third kappa shape index (κ3) is 5.15. The highest BCUT2D eigenvalue weighted by atomic mass is 32.2. The summed E-state index contributed by atoms with van der Waals surface area (Å²) >= 11 is 1.37. The van der Waals surface area contributed by atoms with E-state index in [4.69, 9.17) is 0 Å². The van der Waals surface area contributed by atoms with Crippen molar-refractivity contribution in [3.8, 4) is 0 Å². The number of carboxylic acid groups (broad SMARTS) is 1. The summed E-state index contributed by atoms with van der Waals surface area (Å²) in [5.41, 5.74) is 0. The highest BCUT2D eigenvalue weighted by molar-refractivity contribution is 8.00. The molecule has 0 aromatic heterocycles. The van der Waals surface area contributed by atoms with Crippen LogP contribution in [0.15, 0.2) is 0 Å². The molecular weight excluding hydrogens is 316 g/mol. The van der Waals surface area contributed by atoms with E-state index >= 15 is 0 Å². The van der Waals surface area contributed by atoms with Gasteiger partial charge in [-0.05, 0) is 19.3 Å². The quantitative estimate of drug-likeness (QED) is 0.723. The number of nitrogens with one attached hydrogen (secondary N) is 1. The summed E-state index contributed by atoms with van der Waals surface area (Å²) in [5.74, 6) is -1.13. The smallest absolute Gasteiger partial charge is 0.327 e. The molecule has 21 heavy (non-hydrogen) atoms. The Labute approximate surface area is 129 Å². The first kappa shape index (κ1) is 18.2. The second-order valence-electron chi connectivity index (χ2n) is 5.60. The van der Waals surface area contributed by atoms with Gasteiger partial charge in [-0.25, -0.2) is 17.9 Å². The van der Waals surface area contributed by atoms with Crippen LogP contribution < -0.4 is 4.72 Å². The molecule has 1 fully saturated rings. The van der Waals surface area contributed by atoms with E-state index in [0.717, 1.165) is 6.26 Å². The number of carboxylic acids is 1. The first-order valence-electron chi connectivity index (χ1n) is 6.66. The van der Waals surface area contributed by atoms with Crippen molar-refractivity contribution in [3.05, 3.63) is 0 Å². The molecule has 0 bridgehead atoms. The van der Waals surface area contributed by atoms with E-state index in [1.165, 1.54) is 16.7 Å². The minimum absolute atomic E-state index is 0.0991. The SMILES string of the molecule is CC(C)CC(NS(C)(=O)=O)C(=O)N1C(C)SCC1C(=O)O. The monoisotopic (exact) mass is 338 g/mol. The highest BCUT2D eigenvalue weighted by Gasteiger charge is 2.42. The summed E-state index contributed by atoms with van der Waals surface area (Å²) in [6.45, 7) is 5.50. The van der Waals surface area contributed by atoms with Gasteiger partial charge in [0.15, 0.2) is 0 Å². The van der Waals surface area contributed by atoms with E-state index in [1.54, 1.807) is 6.92 Å². The van der Waals surface area contributed by atoms with Crippen molar-refractivity contribution >= 4 is 33.7 Å². The highest BCUT2D eigenvalue weighted by Crippen LogP contribution is 2.30. The fourth-order valence-electron chi connectivity index (χ4n) is 2.28. The molecule has 1 amide bonds. The van der Waals surface area contributed by atoms with Crippen molar-refractivity contribution in [2.45, 2.75) is 44.6 Å². The molecule has 0 aromatic carbocycles. The molecule has 7 nitrogen and oxygen atoms in total. The molecule has 9 heteroatoms. The van der Waals surface area contributed by atoms with Gasteiger partial charge in [0, 0.05) is 5.75 Å². The number of nitrogens with zero attached hydrogens (tertiary/aromatic N) is 1. The zero-order chi connectivity index (χ0) is 16.4. The van der Waals surface area contributed by atoms with Crippen LogP contribution in [0.4, 0.5) is 0 Å². The lowest BCUT2D eigenvalue weighted by Crippen LogP contribution is -2.54. The summed E-state index contributed by atoms with van der Waals surface area (Å²) in [5, 5.41) is 8.92. The number of rotatable bonds is 6. The third-order valence-corrected chi connectivity index (χ3v) is 5.05. The van der Waals surface area contributed by atoms with Gasteiger partial charge in [-0.15, -0.1) is 11.8 Å². The van der Waals surface area contributed by atoms with Crippen LogP contribution in [0.25, 0.3) is 0 Å². The van der Waals surface area contributed by atoms with E-state index in [1.807, 2.05) is 13.8 Å². The number of hydrogen-bond donors (Lipinski definition) is 2. The predicted octanol–water partition coefficient (Wildman–Crippen LogP) is 0.325. The van der Waals surface area contributed by atoms with Crippen LogP contribution in [0.3, 0.4) is 0 Å². The standard InChI is InChI=1S/C12H22N2O5S2/c1-7(2)5-9(13-21(4,18)19)11(15)14-8(3)20-6-10(14)12(16)17/h7-10,13H,5-6H2,1-4H3,(H,16,17). The second kappa shape index (κ2) is 6.97. The molecule has 1 saturated heterocycles. The molecule has 1 aliphatic rings. The zero-order valence-electron chi connectivity index (χ0n) is 12.6. The second-order valence-corrected chi connectivity index (χ2v) is 8.73. The average Bonchev–Trinajstić information content (AvgIpc) is 2.67. The van der Waals surface area contributed by atoms with Crippen molar-refractivity contribution in [2.75, 3.05) is 12.0 Å². The van der Waals surface area contributed by atoms with Crippen LogP contribution in [0.2, 0.25) is 0 Å². The topological polar surface area (TPSA) is 104 Å². The van der Waals surface area contributed by atoms with Crippen molar-refractivity contribution in [3.63, 3.8) is 0 Å². The largest absolute Gasteiger partial charge is 0.480 e. The Hall–Kier alpha value is -0.800. The predicted molar refractivity (Wildman–Crippen MR) is 81.4 cm³/mol. The molecule has 1 heterocycles. The van der Waals surface area contributed by atoms with Gasteiger partial charge in [-0.1, -0.05) is 13.8 Å². The third-order valence-electron chi connectivity index (χ3n) is 3.12. The normalized spacial score (nSPS) is 24.3. The van der Waals surface area contributed by atoms with Crippen LogP contribution in [-0.4, -0.2) is 59.8 Å². The summed E-state index contributed by atoms with van der Waals surface area (Å²) in [6, 6.07) is -1.84. The van der Waals surface area contributed by atoms with Gasteiger partial charge in [0.2, 0.25) is 15.9 Å². The fourth-order valence-corrected chi connectivity index (χ4v) is 4.17. The number of thioether (sulfide) groups is 1. The Kier molecular flexibility index (Phi) is 6.06. The number of carbonyl (C=O) groups excluding carboxylic acids is 1. The molecule has 0 aliphatic carbocycles. The number of amides is 1. The Morgan fingerprint density at radius 1 is 1.43 bits per heavy atom. The molecule has 122 valence electrons. The Balaban J connectivity index is 3.00. The molecular formula is C12H22N2O5S2. The molecule has 3 atom stereocenters. The first-order chi connectivity index (χ1) is 9.53. The maximum atomic E-state index is 12.6. The molecule has 0 aromatic rings. The van der Waals surface area contributed by atoms with Gasteiger partial charge in [-0.3, -0.25) is 4.79 Å². The molecule has 0 spiro atoms. The molecule has 2 N–H and O–H groups in total. The Morgan fingerprint density at radius 3 is 2.43 bits per heavy atom. The minimum Gasteiger partial charge on any atom is -0.480 e. The van der Waals surface area contributed by atoms with Gasteiger partial charge >= 0.3 is 5.97 Å². The van der Waals surface area contributed by atoms with Crippen LogP contribution in [-0.2, 0) is 19.6 Å². The molecule has 0 saturated carbocycles. The van der Waals surface area contributed by atoms with Crippen molar-refractivity contribution in [1.29, 1.82) is 0 Å². The van der Waals surface area contributed by atoms with Crippen LogP contribution >= 0.6 is 11.8 Å². The lowest BCUT2D eigenvalue weighted by molar-refractivity contribution is -0.149. The van der Waals surface area contributed by atoms with Gasteiger partial charge < -0.3 is 10.0 Å². The summed E-state index contributed by atoms with van der Waals surface area (Å²) in [4.78, 5) is 25.1. The Morgan fingerprint density at radius 2 is 2.00 bits per heavy atom. The fraction of sp³-hybridized carbons (Fsp3) is 0.833.